The molecule has 0 bridgehead atoms. The van der Waals surface area contributed by atoms with Gasteiger partial charge in [-0.3, -0.25) is 5.10 Å². The SMILES string of the molecule is C=C(C)C(=O)O.O=C=NCCc1cc[nH]n1. The monoisotopic (exact) mass is 223 g/mol. The minimum absolute atomic E-state index is 0.176. The lowest BCUT2D eigenvalue weighted by Crippen LogP contribution is -1.92. The van der Waals surface area contributed by atoms with Gasteiger partial charge in [-0.25, -0.2) is 14.6 Å². The van der Waals surface area contributed by atoms with E-state index in [2.05, 4.69) is 21.8 Å². The quantitative estimate of drug-likeness (QED) is 0.451. The molecule has 0 aliphatic heterocycles. The molecule has 1 aromatic heterocycles. The summed E-state index contributed by atoms with van der Waals surface area (Å²) in [6, 6.07) is 1.85. The lowest BCUT2D eigenvalue weighted by molar-refractivity contribution is -0.132. The maximum Gasteiger partial charge on any atom is 0.330 e. The Kier molecular flexibility index (Phi) is 7.02. The molecule has 0 fully saturated rings. The molecule has 0 aliphatic rings. The van der Waals surface area contributed by atoms with Crippen LogP contribution < -0.4 is 0 Å². The lowest BCUT2D eigenvalue weighted by Gasteiger charge is -1.84. The minimum atomic E-state index is -0.935. The van der Waals surface area contributed by atoms with Crippen molar-refractivity contribution in [3.05, 3.63) is 30.1 Å². The number of carboxylic acids is 1. The third-order valence-electron chi connectivity index (χ3n) is 1.47. The molecular weight excluding hydrogens is 210 g/mol. The van der Waals surface area contributed by atoms with Crippen LogP contribution in [0.2, 0.25) is 0 Å². The molecule has 0 unspecified atom stereocenters. The van der Waals surface area contributed by atoms with E-state index in [-0.39, 0.29) is 5.57 Å². The summed E-state index contributed by atoms with van der Waals surface area (Å²) in [6.07, 6.45) is 3.90. The van der Waals surface area contributed by atoms with Crippen LogP contribution in [0, 0.1) is 0 Å². The van der Waals surface area contributed by atoms with Crippen molar-refractivity contribution in [1.29, 1.82) is 0 Å². The minimum Gasteiger partial charge on any atom is -0.478 e. The highest BCUT2D eigenvalue weighted by Gasteiger charge is 1.91. The van der Waals surface area contributed by atoms with Gasteiger partial charge in [0.15, 0.2) is 0 Å². The number of aromatic amines is 1. The predicted molar refractivity (Wildman–Crippen MR) is 57.7 cm³/mol. The summed E-state index contributed by atoms with van der Waals surface area (Å²) in [6.45, 7) is 5.07. The molecule has 6 heteroatoms. The molecule has 0 saturated heterocycles. The van der Waals surface area contributed by atoms with Gasteiger partial charge in [-0.15, -0.1) is 0 Å². The highest BCUT2D eigenvalue weighted by Crippen LogP contribution is 1.91. The van der Waals surface area contributed by atoms with Gasteiger partial charge in [0.2, 0.25) is 6.08 Å². The van der Waals surface area contributed by atoms with Gasteiger partial charge in [-0.2, -0.15) is 5.10 Å². The molecule has 86 valence electrons. The fourth-order valence-electron chi connectivity index (χ4n) is 0.646. The van der Waals surface area contributed by atoms with Crippen LogP contribution in [0.4, 0.5) is 0 Å². The van der Waals surface area contributed by atoms with E-state index in [0.717, 1.165) is 5.69 Å². The van der Waals surface area contributed by atoms with Crippen molar-refractivity contribution < 1.29 is 14.7 Å². The van der Waals surface area contributed by atoms with Gasteiger partial charge >= 0.3 is 5.97 Å². The first-order chi connectivity index (χ1) is 7.57. The molecule has 0 amide bonds. The van der Waals surface area contributed by atoms with Crippen LogP contribution in [-0.4, -0.2) is 33.9 Å². The number of rotatable bonds is 4. The molecule has 0 radical (unpaired) electrons. The maximum atomic E-state index is 9.61. The average molecular weight is 223 g/mol. The average Bonchev–Trinajstić information content (AvgIpc) is 2.72. The van der Waals surface area contributed by atoms with Crippen LogP contribution in [0.5, 0.6) is 0 Å². The summed E-state index contributed by atoms with van der Waals surface area (Å²) in [4.78, 5) is 22.6. The number of nitrogens with zero attached hydrogens (tertiary/aromatic N) is 2. The zero-order valence-corrected chi connectivity index (χ0v) is 8.93. The molecule has 6 nitrogen and oxygen atoms in total. The summed E-state index contributed by atoms with van der Waals surface area (Å²) in [5.74, 6) is -0.935. The van der Waals surface area contributed by atoms with E-state index in [1.807, 2.05) is 6.07 Å². The summed E-state index contributed by atoms with van der Waals surface area (Å²) < 4.78 is 0. The fraction of sp³-hybridized carbons (Fsp3) is 0.300. The number of isocyanates is 1. The molecular formula is C10H13N3O3. The van der Waals surface area contributed by atoms with Gasteiger partial charge in [0.1, 0.15) is 0 Å². The number of nitrogens with one attached hydrogen (secondary N) is 1. The lowest BCUT2D eigenvalue weighted by atomic mass is 10.3. The molecule has 16 heavy (non-hydrogen) atoms. The second-order valence-electron chi connectivity index (χ2n) is 2.87. The van der Waals surface area contributed by atoms with Crippen LogP contribution in [0.3, 0.4) is 0 Å². The number of H-pyrrole nitrogens is 1. The first-order valence-electron chi connectivity index (χ1n) is 4.49. The van der Waals surface area contributed by atoms with Crippen molar-refractivity contribution in [3.63, 3.8) is 0 Å². The molecule has 0 aromatic carbocycles. The molecule has 0 spiro atoms. The third-order valence-corrected chi connectivity index (χ3v) is 1.47. The topological polar surface area (TPSA) is 95.4 Å². The summed E-state index contributed by atoms with van der Waals surface area (Å²) in [5, 5.41) is 14.4. The van der Waals surface area contributed by atoms with Gasteiger partial charge in [0.05, 0.1) is 12.2 Å². The van der Waals surface area contributed by atoms with Crippen LogP contribution in [-0.2, 0) is 16.0 Å². The number of hydrogen-bond donors (Lipinski definition) is 2. The van der Waals surface area contributed by atoms with E-state index in [1.54, 1.807) is 6.20 Å². The van der Waals surface area contributed by atoms with Gasteiger partial charge in [-0.05, 0) is 13.0 Å². The Morgan fingerprint density at radius 3 is 2.75 bits per heavy atom. The van der Waals surface area contributed by atoms with Gasteiger partial charge in [-0.1, -0.05) is 6.58 Å². The standard InChI is InChI=1S/C6H7N3O.C4H6O2/c10-5-7-3-1-6-2-4-8-9-6;1-3(2)4(5)6/h2,4H,1,3H2,(H,8,9);1H2,2H3,(H,5,6). The van der Waals surface area contributed by atoms with Crippen molar-refractivity contribution in [2.75, 3.05) is 6.54 Å². The molecule has 2 N–H and O–H groups in total. The molecule has 1 aromatic rings. The zero-order chi connectivity index (χ0) is 12.4. The summed E-state index contributed by atoms with van der Waals surface area (Å²) >= 11 is 0. The number of aromatic nitrogens is 2. The first kappa shape index (κ1) is 13.8. The second-order valence-corrected chi connectivity index (χ2v) is 2.87. The highest BCUT2D eigenvalue weighted by molar-refractivity contribution is 5.84. The Labute approximate surface area is 92.7 Å². The van der Waals surface area contributed by atoms with E-state index in [0.29, 0.717) is 13.0 Å². The normalized spacial score (nSPS) is 8.31. The Balaban J connectivity index is 0.000000325. The predicted octanol–water partition coefficient (Wildman–Crippen LogP) is 0.935. The van der Waals surface area contributed by atoms with Crippen molar-refractivity contribution in [3.8, 4) is 0 Å². The van der Waals surface area contributed by atoms with E-state index in [9.17, 15) is 9.59 Å². The number of aliphatic imine (C=N–C) groups is 1. The van der Waals surface area contributed by atoms with E-state index >= 15 is 0 Å². The number of aliphatic carboxylic acids is 1. The van der Waals surface area contributed by atoms with Crippen molar-refractivity contribution >= 4 is 12.0 Å². The molecule has 0 atom stereocenters. The number of hydrogen-bond acceptors (Lipinski definition) is 4. The van der Waals surface area contributed by atoms with Crippen LogP contribution in [0.25, 0.3) is 0 Å². The van der Waals surface area contributed by atoms with Crippen LogP contribution in [0.1, 0.15) is 12.6 Å². The summed E-state index contributed by atoms with van der Waals surface area (Å²) in [5.41, 5.74) is 1.09. The number of carbonyl (C=O) groups excluding carboxylic acids is 1. The Morgan fingerprint density at radius 1 is 1.75 bits per heavy atom. The zero-order valence-electron chi connectivity index (χ0n) is 8.93. The van der Waals surface area contributed by atoms with Gasteiger partial charge in [0, 0.05) is 18.2 Å². The van der Waals surface area contributed by atoms with Gasteiger partial charge < -0.3 is 5.11 Å². The van der Waals surface area contributed by atoms with Crippen molar-refractivity contribution in [2.45, 2.75) is 13.3 Å². The Morgan fingerprint density at radius 2 is 2.38 bits per heavy atom. The Hall–Kier alpha value is -2.20. The fourth-order valence-corrected chi connectivity index (χ4v) is 0.646. The molecule has 0 saturated carbocycles. The van der Waals surface area contributed by atoms with E-state index in [4.69, 9.17) is 5.11 Å². The van der Waals surface area contributed by atoms with Crippen LogP contribution in [0.15, 0.2) is 29.4 Å². The third kappa shape index (κ3) is 7.23. The second kappa shape index (κ2) is 8.14. The number of carbonyl (C=O) groups is 1. The first-order valence-corrected chi connectivity index (χ1v) is 4.49. The highest BCUT2D eigenvalue weighted by atomic mass is 16.4. The Bertz CT molecular complexity index is 366. The largest absolute Gasteiger partial charge is 0.478 e. The maximum absolute atomic E-state index is 9.61. The smallest absolute Gasteiger partial charge is 0.330 e. The van der Waals surface area contributed by atoms with E-state index in [1.165, 1.54) is 13.0 Å². The molecule has 0 aliphatic carbocycles. The van der Waals surface area contributed by atoms with Crippen molar-refractivity contribution in [1.82, 2.24) is 10.2 Å². The van der Waals surface area contributed by atoms with E-state index < -0.39 is 5.97 Å². The van der Waals surface area contributed by atoms with Crippen LogP contribution >= 0.6 is 0 Å². The van der Waals surface area contributed by atoms with Gasteiger partial charge in [0.25, 0.3) is 0 Å². The molecule has 1 rings (SSSR count). The number of carboxylic acid groups (broad SMARTS) is 1. The molecule has 1 heterocycles. The summed E-state index contributed by atoms with van der Waals surface area (Å²) in [7, 11) is 0. The van der Waals surface area contributed by atoms with Crippen molar-refractivity contribution in [2.24, 2.45) is 4.99 Å².